The summed E-state index contributed by atoms with van der Waals surface area (Å²) in [4.78, 5) is 0. The average molecular weight is 1040 g/mol. The molecule has 0 saturated heterocycles. The first-order valence-corrected chi connectivity index (χ1v) is 41.7. The molecule has 0 heterocycles. The summed E-state index contributed by atoms with van der Waals surface area (Å²) in [5.74, 6) is 7.61. The first kappa shape index (κ1) is 47.1. The Labute approximate surface area is 425 Å². The number of rotatable bonds is 10. The zero-order valence-corrected chi connectivity index (χ0v) is 47.1. The van der Waals surface area contributed by atoms with Gasteiger partial charge >= 0.3 is 404 Å². The van der Waals surface area contributed by atoms with Crippen molar-refractivity contribution in [1.29, 1.82) is 0 Å². The Hall–Kier alpha value is -1.96. The van der Waals surface area contributed by atoms with Crippen molar-refractivity contribution >= 4 is 43.8 Å². The second kappa shape index (κ2) is 17.3. The van der Waals surface area contributed by atoms with Gasteiger partial charge in [-0.3, -0.25) is 0 Å². The van der Waals surface area contributed by atoms with Gasteiger partial charge in [0.15, 0.2) is 0 Å². The Bertz CT molecular complexity index is 2470. The van der Waals surface area contributed by atoms with Crippen molar-refractivity contribution < 1.29 is 17.4 Å². The van der Waals surface area contributed by atoms with E-state index in [4.69, 9.17) is 0 Å². The minimum absolute atomic E-state index is 0. The molecule has 0 spiro atoms. The monoisotopic (exact) mass is 1040 g/mol. The molecule has 4 heteroatoms. The summed E-state index contributed by atoms with van der Waals surface area (Å²) in [7, 11) is 0. The second-order valence-electron chi connectivity index (χ2n) is 27.1. The van der Waals surface area contributed by atoms with Gasteiger partial charge in [-0.1, -0.05) is 0 Å². The van der Waals surface area contributed by atoms with E-state index in [1.54, 1.807) is 33.4 Å². The summed E-state index contributed by atoms with van der Waals surface area (Å²) in [6.45, 7) is 2.61. The van der Waals surface area contributed by atoms with Crippen molar-refractivity contribution in [2.75, 3.05) is 0 Å². The van der Waals surface area contributed by atoms with Crippen LogP contribution in [0.2, 0.25) is 9.26 Å². The van der Waals surface area contributed by atoms with E-state index < -0.39 is 17.4 Å². The maximum absolute atomic E-state index is 3.88. The molecule has 10 fully saturated rings. The van der Waals surface area contributed by atoms with Crippen LogP contribution in [-0.2, 0) is 28.2 Å². The molecule has 2 unspecified atom stereocenters. The van der Waals surface area contributed by atoms with Crippen LogP contribution in [0.4, 0.5) is 0 Å². The Morgan fingerprint density at radius 2 is 0.779 bits per heavy atom. The van der Waals surface area contributed by atoms with Crippen LogP contribution in [0, 0.1) is 47.3 Å². The molecule has 0 aromatic heterocycles. The summed E-state index contributed by atoms with van der Waals surface area (Å²) in [6.07, 6.45) is 37.5. The molecule has 4 aromatic carbocycles. The minimum atomic E-state index is -3.88. The fraction of sp³-hybridized carbons (Fsp3) is 0.562. The van der Waals surface area contributed by atoms with Gasteiger partial charge in [0.05, 0.1) is 0 Å². The van der Waals surface area contributed by atoms with Crippen LogP contribution < -0.4 is 0 Å². The van der Waals surface area contributed by atoms with Gasteiger partial charge in [0.2, 0.25) is 0 Å². The molecule has 0 aliphatic heterocycles. The number of hydrogen-bond donors (Lipinski definition) is 0. The van der Waals surface area contributed by atoms with Crippen molar-refractivity contribution in [2.24, 2.45) is 47.3 Å². The number of halogens is 2. The molecule has 12 aliphatic carbocycles. The zero-order valence-electron chi connectivity index (χ0n) is 41.6. The fourth-order valence-corrected chi connectivity index (χ4v) is 40.0. The van der Waals surface area contributed by atoms with Crippen molar-refractivity contribution in [2.45, 2.75) is 169 Å². The molecule has 4 aromatic rings. The number of allylic oxidation sites excluding steroid dienone is 2. The van der Waals surface area contributed by atoms with E-state index in [1.807, 2.05) is 11.1 Å². The van der Waals surface area contributed by atoms with Gasteiger partial charge in [0.1, 0.15) is 0 Å². The van der Waals surface area contributed by atoms with Crippen LogP contribution in [0.15, 0.2) is 96.1 Å². The normalized spacial score (nSPS) is 34.4. The first-order chi connectivity index (χ1) is 32.0. The van der Waals surface area contributed by atoms with Gasteiger partial charge in [0.25, 0.3) is 0 Å². The fourth-order valence-electron chi connectivity index (χ4n) is 20.2. The van der Waals surface area contributed by atoms with E-state index in [-0.39, 0.29) is 24.8 Å². The molecule has 0 amide bonds. The summed E-state index contributed by atoms with van der Waals surface area (Å²) in [5.41, 5.74) is 20.3. The van der Waals surface area contributed by atoms with Gasteiger partial charge < -0.3 is 0 Å². The van der Waals surface area contributed by atoms with Gasteiger partial charge in [-0.2, -0.15) is 0 Å². The summed E-state index contributed by atoms with van der Waals surface area (Å²) >= 11 is -3.88. The van der Waals surface area contributed by atoms with Gasteiger partial charge in [0, 0.05) is 0 Å². The molecule has 16 rings (SSSR count). The molecule has 8 bridgehead atoms. The van der Waals surface area contributed by atoms with E-state index in [0.717, 1.165) is 47.3 Å². The van der Waals surface area contributed by atoms with E-state index in [0.29, 0.717) is 18.1 Å². The van der Waals surface area contributed by atoms with Gasteiger partial charge in [-0.25, -0.2) is 0 Å². The third-order valence-corrected chi connectivity index (χ3v) is 39.4. The van der Waals surface area contributed by atoms with Crippen molar-refractivity contribution in [1.82, 2.24) is 0 Å². The predicted octanol–water partition coefficient (Wildman–Crippen LogP) is 17.9. The van der Waals surface area contributed by atoms with Crippen molar-refractivity contribution in [3.63, 3.8) is 0 Å². The summed E-state index contributed by atoms with van der Waals surface area (Å²) in [5, 5.41) is 0. The third-order valence-electron chi connectivity index (χ3n) is 21.9. The molecule has 0 nitrogen and oxygen atoms in total. The topological polar surface area (TPSA) is 0 Å². The molecular weight excluding hydrogens is 959 g/mol. The Morgan fingerprint density at radius 3 is 1.10 bits per heavy atom. The van der Waals surface area contributed by atoms with Crippen LogP contribution >= 0.6 is 24.8 Å². The second-order valence-corrected chi connectivity index (χ2v) is 57.6. The standard InChI is InChI=1S/2C31H35.2CH3.2ClH.H2Si.Zr/c2*1-2-5-21(4-1)12-22-16-27-6-3-7-29(30(27)17-22)26-8-10-28(11-9-26)31-18-23-13-24(19-31)15-25(14-23)20-31;;;;;;/h2*3,6-11,16-17,21,23-25H,1-2,4-5,12-15,18-20H2;2*1H3;2*1H;1H2;. The molecule has 12 aliphatic rings. The average Bonchev–Trinajstić information content (AvgIpc) is 4.13. The van der Waals surface area contributed by atoms with Crippen LogP contribution in [-0.4, -0.2) is 6.88 Å². The quantitative estimate of drug-likeness (QED) is 0.139. The van der Waals surface area contributed by atoms with E-state index in [1.165, 1.54) is 164 Å². The molecular formula is C64H80Cl2SiZr. The Kier molecular flexibility index (Phi) is 12.0. The third kappa shape index (κ3) is 7.68. The maximum atomic E-state index is 2.95. The molecule has 0 radical (unpaired) electrons. The van der Waals surface area contributed by atoms with Gasteiger partial charge in [-0.15, -0.1) is 24.8 Å². The van der Waals surface area contributed by atoms with Crippen molar-refractivity contribution in [3.8, 4) is 22.3 Å². The molecule has 68 heavy (non-hydrogen) atoms. The van der Waals surface area contributed by atoms with Crippen molar-refractivity contribution in [3.05, 3.63) is 129 Å². The molecule has 0 N–H and O–H groups in total. The van der Waals surface area contributed by atoms with E-state index >= 15 is 0 Å². The Balaban J connectivity index is 0.00000240. The summed E-state index contributed by atoms with van der Waals surface area (Å²) < 4.78 is 7.06. The van der Waals surface area contributed by atoms with E-state index in [2.05, 4.69) is 113 Å². The zero-order chi connectivity index (χ0) is 44.0. The van der Waals surface area contributed by atoms with Crippen LogP contribution in [0.25, 0.3) is 34.4 Å². The van der Waals surface area contributed by atoms with Gasteiger partial charge in [-0.05, 0) is 0 Å². The number of fused-ring (bicyclic) bond motifs is 2. The summed E-state index contributed by atoms with van der Waals surface area (Å²) in [6, 6.07) is 35.8. The van der Waals surface area contributed by atoms with Crippen LogP contribution in [0.5, 0.6) is 0 Å². The SMILES string of the molecule is Cl.Cl.[CH3][Zr]([CH3])(=[SiH2])([CH]1C(CC2CCCC2)=Cc2c(-c3ccc(C45CC6CC(CC(C6)C4)C5)cc3)cccc21)[CH]1C(CC2CCCC2)=Cc2c(-c3ccc(C45CC6CC(CC(C6)C4)C5)cc3)cccc21. The van der Waals surface area contributed by atoms with Crippen LogP contribution in [0.1, 0.15) is 182 Å². The first-order valence-electron chi connectivity index (χ1n) is 28.0. The molecule has 10 saturated carbocycles. The predicted molar refractivity (Wildman–Crippen MR) is 293 cm³/mol. The number of hydrogen-bond acceptors (Lipinski definition) is 0. The van der Waals surface area contributed by atoms with E-state index in [9.17, 15) is 0 Å². The molecule has 2 atom stereocenters. The number of benzene rings is 4. The molecule has 358 valence electrons. The Morgan fingerprint density at radius 1 is 0.456 bits per heavy atom. The van der Waals surface area contributed by atoms with Crippen LogP contribution in [0.3, 0.4) is 0 Å².